The second kappa shape index (κ2) is 7.42. The van der Waals surface area contributed by atoms with E-state index in [1.165, 1.54) is 17.7 Å². The number of nitrogens with zero attached hydrogens (tertiary/aromatic N) is 5. The van der Waals surface area contributed by atoms with Gasteiger partial charge in [0, 0.05) is 30.7 Å². The zero-order chi connectivity index (χ0) is 18.6. The first kappa shape index (κ1) is 17.0. The highest BCUT2D eigenvalue weighted by Gasteiger charge is 2.16. The van der Waals surface area contributed by atoms with Crippen LogP contribution in [0.4, 0.5) is 9.93 Å². The summed E-state index contributed by atoms with van der Waals surface area (Å²) in [7, 11) is 0. The molecular formula is C18H15N7OS. The number of thiazole rings is 1. The van der Waals surface area contributed by atoms with E-state index in [4.69, 9.17) is 4.98 Å². The van der Waals surface area contributed by atoms with E-state index in [0.717, 1.165) is 21.5 Å². The first-order valence-electron chi connectivity index (χ1n) is 8.28. The molecule has 0 atom stereocenters. The van der Waals surface area contributed by atoms with Crippen LogP contribution in [0.5, 0.6) is 0 Å². The molecule has 0 aliphatic rings. The van der Waals surface area contributed by atoms with Crippen molar-refractivity contribution in [1.82, 2.24) is 30.2 Å². The molecule has 4 aromatic rings. The number of urea groups is 1. The van der Waals surface area contributed by atoms with E-state index in [1.807, 2.05) is 31.2 Å². The normalized spacial score (nSPS) is 10.7. The van der Waals surface area contributed by atoms with Crippen molar-refractivity contribution in [2.45, 2.75) is 6.92 Å². The molecule has 0 unspecified atom stereocenters. The van der Waals surface area contributed by atoms with E-state index in [2.05, 4.69) is 30.6 Å². The molecule has 2 amide bonds. The average Bonchev–Trinajstić information content (AvgIpc) is 3.11. The van der Waals surface area contributed by atoms with Crippen LogP contribution in [0.3, 0.4) is 0 Å². The maximum Gasteiger partial charge on any atom is 0.321 e. The molecule has 2 N–H and O–H groups in total. The number of amides is 2. The molecular weight excluding hydrogens is 362 g/mol. The maximum absolute atomic E-state index is 11.8. The number of aromatic nitrogens is 5. The third-order valence-corrected chi connectivity index (χ3v) is 4.69. The molecule has 4 heterocycles. The molecule has 0 aromatic carbocycles. The summed E-state index contributed by atoms with van der Waals surface area (Å²) in [6, 6.07) is 7.22. The number of hydrogen-bond acceptors (Lipinski definition) is 7. The summed E-state index contributed by atoms with van der Waals surface area (Å²) in [5, 5.41) is 5.95. The second-order valence-corrected chi connectivity index (χ2v) is 6.55. The molecule has 0 spiro atoms. The molecule has 0 saturated heterocycles. The summed E-state index contributed by atoms with van der Waals surface area (Å²) in [6.07, 6.45) is 6.59. The lowest BCUT2D eigenvalue weighted by Crippen LogP contribution is -2.28. The lowest BCUT2D eigenvalue weighted by atomic mass is 10.1. The van der Waals surface area contributed by atoms with E-state index in [-0.39, 0.29) is 6.03 Å². The molecule has 0 radical (unpaired) electrons. The van der Waals surface area contributed by atoms with Gasteiger partial charge < -0.3 is 5.32 Å². The van der Waals surface area contributed by atoms with Crippen LogP contribution in [-0.2, 0) is 0 Å². The molecule has 9 heteroatoms. The first-order chi connectivity index (χ1) is 13.2. The zero-order valence-corrected chi connectivity index (χ0v) is 15.2. The number of hydrogen-bond donors (Lipinski definition) is 2. The Kier molecular flexibility index (Phi) is 4.67. The molecule has 0 bridgehead atoms. The summed E-state index contributed by atoms with van der Waals surface area (Å²) >= 11 is 1.36. The van der Waals surface area contributed by atoms with Crippen molar-refractivity contribution in [2.75, 3.05) is 11.9 Å². The predicted molar refractivity (Wildman–Crippen MR) is 104 cm³/mol. The van der Waals surface area contributed by atoms with E-state index < -0.39 is 0 Å². The Labute approximate surface area is 158 Å². The highest BCUT2D eigenvalue weighted by atomic mass is 32.1. The fourth-order valence-corrected chi connectivity index (χ4v) is 3.48. The minimum atomic E-state index is -0.291. The van der Waals surface area contributed by atoms with Crippen molar-refractivity contribution in [2.24, 2.45) is 0 Å². The monoisotopic (exact) mass is 377 g/mol. The Morgan fingerprint density at radius 2 is 2.00 bits per heavy atom. The minimum absolute atomic E-state index is 0.291. The number of pyridine rings is 2. The standard InChI is InChI=1S/C18H15N7OS/c1-2-21-17(26)25-18-24-14-7-13(11-8-19-10-20-9-11)23-15(16(14)27-18)12-5-3-4-6-22-12/h3-10H,2H2,1H3,(H2,21,24,25,26). The van der Waals surface area contributed by atoms with Crippen LogP contribution in [0.15, 0.2) is 49.2 Å². The quantitative estimate of drug-likeness (QED) is 0.565. The molecule has 8 nitrogen and oxygen atoms in total. The van der Waals surface area contributed by atoms with Gasteiger partial charge in [-0.1, -0.05) is 17.4 Å². The Morgan fingerprint density at radius 3 is 2.74 bits per heavy atom. The van der Waals surface area contributed by atoms with Gasteiger partial charge in [0.05, 0.1) is 21.6 Å². The Balaban J connectivity index is 1.86. The maximum atomic E-state index is 11.8. The van der Waals surface area contributed by atoms with Gasteiger partial charge in [0.1, 0.15) is 12.0 Å². The molecule has 0 aliphatic heterocycles. The van der Waals surface area contributed by atoms with Crippen molar-refractivity contribution in [3.8, 4) is 22.6 Å². The Bertz CT molecular complexity index is 1080. The van der Waals surface area contributed by atoms with Crippen LogP contribution < -0.4 is 10.6 Å². The van der Waals surface area contributed by atoms with E-state index in [9.17, 15) is 4.79 Å². The molecule has 0 saturated carbocycles. The van der Waals surface area contributed by atoms with Crippen LogP contribution in [0.25, 0.3) is 32.9 Å². The van der Waals surface area contributed by atoms with Crippen LogP contribution in [0.2, 0.25) is 0 Å². The molecule has 27 heavy (non-hydrogen) atoms. The molecule has 134 valence electrons. The van der Waals surface area contributed by atoms with Gasteiger partial charge in [-0.15, -0.1) is 0 Å². The molecule has 4 rings (SSSR count). The van der Waals surface area contributed by atoms with Crippen molar-refractivity contribution in [3.63, 3.8) is 0 Å². The lowest BCUT2D eigenvalue weighted by molar-refractivity contribution is 0.252. The molecule has 0 aliphatic carbocycles. The summed E-state index contributed by atoms with van der Waals surface area (Å²) in [5.41, 5.74) is 3.63. The number of fused-ring (bicyclic) bond motifs is 1. The summed E-state index contributed by atoms with van der Waals surface area (Å²) in [5.74, 6) is 0. The first-order valence-corrected chi connectivity index (χ1v) is 9.09. The number of carbonyl (C=O) groups excluding carboxylic acids is 1. The smallest absolute Gasteiger partial charge is 0.321 e. The van der Waals surface area contributed by atoms with Crippen molar-refractivity contribution in [3.05, 3.63) is 49.2 Å². The van der Waals surface area contributed by atoms with Gasteiger partial charge in [0.25, 0.3) is 0 Å². The van der Waals surface area contributed by atoms with Crippen LogP contribution >= 0.6 is 11.3 Å². The van der Waals surface area contributed by atoms with Gasteiger partial charge >= 0.3 is 6.03 Å². The van der Waals surface area contributed by atoms with Gasteiger partial charge in [-0.3, -0.25) is 10.3 Å². The predicted octanol–water partition coefficient (Wildman–Crippen LogP) is 3.35. The molecule has 4 aromatic heterocycles. The van der Waals surface area contributed by atoms with Crippen molar-refractivity contribution < 1.29 is 4.79 Å². The zero-order valence-electron chi connectivity index (χ0n) is 14.4. The average molecular weight is 377 g/mol. The Morgan fingerprint density at radius 1 is 1.15 bits per heavy atom. The number of anilines is 1. The largest absolute Gasteiger partial charge is 0.338 e. The van der Waals surface area contributed by atoms with Crippen LogP contribution in [-0.4, -0.2) is 37.5 Å². The fraction of sp³-hybridized carbons (Fsp3) is 0.111. The number of nitrogens with one attached hydrogen (secondary N) is 2. The highest BCUT2D eigenvalue weighted by molar-refractivity contribution is 7.22. The summed E-state index contributed by atoms with van der Waals surface area (Å²) < 4.78 is 0.848. The second-order valence-electron chi connectivity index (χ2n) is 5.55. The van der Waals surface area contributed by atoms with Crippen molar-refractivity contribution in [1.29, 1.82) is 0 Å². The van der Waals surface area contributed by atoms with Gasteiger partial charge in [-0.2, -0.15) is 0 Å². The van der Waals surface area contributed by atoms with Gasteiger partial charge in [0.2, 0.25) is 0 Å². The summed E-state index contributed by atoms with van der Waals surface area (Å²) in [4.78, 5) is 33.7. The fourth-order valence-electron chi connectivity index (χ4n) is 2.54. The van der Waals surface area contributed by atoms with E-state index in [0.29, 0.717) is 23.1 Å². The lowest BCUT2D eigenvalue weighted by Gasteiger charge is -2.05. The Hall–Kier alpha value is -3.46. The SMILES string of the molecule is CCNC(=O)Nc1nc2cc(-c3cncnc3)nc(-c3ccccn3)c2s1. The third-order valence-electron chi connectivity index (χ3n) is 3.70. The highest BCUT2D eigenvalue weighted by Crippen LogP contribution is 2.35. The minimum Gasteiger partial charge on any atom is -0.338 e. The van der Waals surface area contributed by atoms with Crippen LogP contribution in [0.1, 0.15) is 6.92 Å². The topological polar surface area (TPSA) is 106 Å². The molecule has 0 fully saturated rings. The summed E-state index contributed by atoms with van der Waals surface area (Å²) in [6.45, 7) is 2.39. The van der Waals surface area contributed by atoms with Crippen molar-refractivity contribution >= 4 is 32.7 Å². The third kappa shape index (κ3) is 3.58. The van der Waals surface area contributed by atoms with Crippen LogP contribution in [0, 0.1) is 0 Å². The number of carbonyl (C=O) groups is 1. The van der Waals surface area contributed by atoms with E-state index in [1.54, 1.807) is 18.6 Å². The number of rotatable bonds is 4. The van der Waals surface area contributed by atoms with Gasteiger partial charge in [0.15, 0.2) is 5.13 Å². The van der Waals surface area contributed by atoms with Gasteiger partial charge in [-0.05, 0) is 25.1 Å². The van der Waals surface area contributed by atoms with Gasteiger partial charge in [-0.25, -0.2) is 24.7 Å². The van der Waals surface area contributed by atoms with E-state index >= 15 is 0 Å².